The Hall–Kier alpha value is -1.47. The minimum absolute atomic E-state index is 0. The standard InChI is InChI=1S/C8H6N3O2.CHO2.Y/c12-8(13)5-11-7-4-2-1-3-6(7)9-10-11;2-1-3;/h1-5H,(H,12,13);(H,2,3);/q2*-1;. The summed E-state index contributed by atoms with van der Waals surface area (Å²) in [7, 11) is 0. The smallest absolute Gasteiger partial charge is 0.262 e. The normalized spacial score (nSPS) is 8.47. The van der Waals surface area contributed by atoms with Crippen LogP contribution in [0.2, 0.25) is 0 Å². The first-order valence-corrected chi connectivity index (χ1v) is 4.08. The Balaban J connectivity index is 0.000000583. The van der Waals surface area contributed by atoms with Crippen LogP contribution in [-0.2, 0) is 42.3 Å². The molecule has 8 heteroatoms. The van der Waals surface area contributed by atoms with Crippen LogP contribution in [0.1, 0.15) is 0 Å². The van der Waals surface area contributed by atoms with Crippen molar-refractivity contribution in [2.45, 2.75) is 0 Å². The summed E-state index contributed by atoms with van der Waals surface area (Å²) in [5, 5.41) is 22.7. The zero-order valence-electron chi connectivity index (χ0n) is 8.52. The largest absolute Gasteiger partial charge is 0.665 e. The molecule has 1 aromatic heterocycles. The van der Waals surface area contributed by atoms with E-state index in [0.717, 1.165) is 6.54 Å². The molecule has 1 heterocycles. The third-order valence-corrected chi connectivity index (χ3v) is 1.61. The molecular weight excluding hydrogens is 303 g/mol. The van der Waals surface area contributed by atoms with Gasteiger partial charge in [-0.1, -0.05) is 35.4 Å². The Morgan fingerprint density at radius 1 is 1.41 bits per heavy atom. The number of carbonyl (C=O) groups is 1. The van der Waals surface area contributed by atoms with Gasteiger partial charge in [-0.05, 0) is 6.54 Å². The van der Waals surface area contributed by atoms with E-state index in [-0.39, 0.29) is 32.7 Å². The molecule has 0 aliphatic heterocycles. The van der Waals surface area contributed by atoms with Crippen molar-refractivity contribution in [2.75, 3.05) is 0 Å². The minimum atomic E-state index is -1.05. The van der Waals surface area contributed by atoms with Gasteiger partial charge in [0.15, 0.2) is 0 Å². The second-order valence-electron chi connectivity index (χ2n) is 2.58. The molecule has 7 nitrogen and oxygen atoms in total. The summed E-state index contributed by atoms with van der Waals surface area (Å²) >= 11 is 0. The maximum Gasteiger partial charge on any atom is 0.262 e. The van der Waals surface area contributed by atoms with E-state index in [9.17, 15) is 4.79 Å². The number of para-hydroxylation sites is 1. The molecule has 2 rings (SSSR count). The van der Waals surface area contributed by atoms with Crippen LogP contribution in [0.25, 0.3) is 11.0 Å². The maximum atomic E-state index is 10.4. The minimum Gasteiger partial charge on any atom is -0.665 e. The fraction of sp³-hybridized carbons (Fsp3) is 0. The van der Waals surface area contributed by atoms with Crippen LogP contribution in [0.5, 0.6) is 0 Å². The quantitative estimate of drug-likeness (QED) is 0.764. The predicted molar refractivity (Wildman–Crippen MR) is 53.2 cm³/mol. The molecule has 1 aromatic carbocycles. The molecule has 0 aliphatic carbocycles. The molecule has 0 spiro atoms. The Bertz CT molecular complexity index is 500. The monoisotopic (exact) mass is 310 g/mol. The van der Waals surface area contributed by atoms with Gasteiger partial charge in [0.2, 0.25) is 0 Å². The summed E-state index contributed by atoms with van der Waals surface area (Å²) in [5.41, 5.74) is 1.37. The average molecular weight is 310 g/mol. The van der Waals surface area contributed by atoms with Crippen molar-refractivity contribution in [3.63, 3.8) is 0 Å². The summed E-state index contributed by atoms with van der Waals surface area (Å²) < 4.78 is 1.23. The molecule has 2 N–H and O–H groups in total. The first kappa shape index (κ1) is 15.5. The molecule has 1 radical (unpaired) electrons. The molecule has 0 amide bonds. The van der Waals surface area contributed by atoms with Crippen LogP contribution in [-0.4, -0.2) is 37.6 Å². The van der Waals surface area contributed by atoms with Gasteiger partial charge in [-0.25, -0.2) is 0 Å². The van der Waals surface area contributed by atoms with Crippen molar-refractivity contribution in [1.82, 2.24) is 15.0 Å². The number of fused-ring (bicyclic) bond motifs is 1. The predicted octanol–water partition coefficient (Wildman–Crippen LogP) is 0.135. The van der Waals surface area contributed by atoms with Gasteiger partial charge >= 0.3 is 0 Å². The van der Waals surface area contributed by atoms with E-state index in [1.807, 2.05) is 6.07 Å². The van der Waals surface area contributed by atoms with Crippen LogP contribution in [0, 0.1) is 6.54 Å². The van der Waals surface area contributed by atoms with Gasteiger partial charge in [0, 0.05) is 38.2 Å². The van der Waals surface area contributed by atoms with E-state index in [1.165, 1.54) is 4.68 Å². The fourth-order valence-electron chi connectivity index (χ4n) is 1.09. The van der Waals surface area contributed by atoms with Crippen molar-refractivity contribution in [3.05, 3.63) is 30.8 Å². The summed E-state index contributed by atoms with van der Waals surface area (Å²) in [6, 6.07) is 7.16. The van der Waals surface area contributed by atoms with Gasteiger partial charge < -0.3 is 19.7 Å². The van der Waals surface area contributed by atoms with E-state index in [4.69, 9.17) is 15.0 Å². The van der Waals surface area contributed by atoms with E-state index in [0.29, 0.717) is 17.5 Å². The molecule has 0 fully saturated rings. The van der Waals surface area contributed by atoms with E-state index in [2.05, 4.69) is 10.3 Å². The molecule has 0 unspecified atom stereocenters. The molecule has 0 saturated heterocycles. The summed E-state index contributed by atoms with van der Waals surface area (Å²) in [6.07, 6.45) is 0. The third-order valence-electron chi connectivity index (χ3n) is 1.61. The Labute approximate surface area is 121 Å². The van der Waals surface area contributed by atoms with Crippen molar-refractivity contribution in [2.24, 2.45) is 0 Å². The number of benzene rings is 1. The third kappa shape index (κ3) is 4.50. The molecule has 0 saturated carbocycles. The van der Waals surface area contributed by atoms with Crippen molar-refractivity contribution < 1.29 is 52.5 Å². The molecule has 2 aromatic rings. The number of hydrogen-bond donors (Lipinski definition) is 2. The second-order valence-corrected chi connectivity index (χ2v) is 2.58. The molecule has 87 valence electrons. The van der Waals surface area contributed by atoms with Crippen LogP contribution in [0.3, 0.4) is 0 Å². The summed E-state index contributed by atoms with van der Waals surface area (Å²) in [5.74, 6) is -1.05. The Morgan fingerprint density at radius 3 is 2.59 bits per heavy atom. The van der Waals surface area contributed by atoms with E-state index < -0.39 is 5.97 Å². The second kappa shape index (κ2) is 7.75. The fourth-order valence-corrected chi connectivity index (χ4v) is 1.09. The number of aliphatic carboxylic acids is 1. The van der Waals surface area contributed by atoms with Gasteiger partial charge in [0.05, 0.1) is 0 Å². The Morgan fingerprint density at radius 2 is 2.00 bits per heavy atom. The molecule has 0 bridgehead atoms. The number of carboxylic acid groups (broad SMARTS) is 1. The maximum absolute atomic E-state index is 10.4. The summed E-state index contributed by atoms with van der Waals surface area (Å²) in [4.78, 5) is 18.6. The van der Waals surface area contributed by atoms with Crippen molar-refractivity contribution >= 4 is 23.5 Å². The number of nitrogens with zero attached hydrogens (tertiary/aromatic N) is 3. The number of rotatable bonds is 2. The Kier molecular flexibility index (Phi) is 7.08. The number of aliphatic hydroxyl groups excluding tert-OH is 1. The first-order valence-electron chi connectivity index (χ1n) is 4.08. The van der Waals surface area contributed by atoms with Crippen LogP contribution in [0.15, 0.2) is 24.3 Å². The molecule has 17 heavy (non-hydrogen) atoms. The number of hydrogen-bond acceptors (Lipinski definition) is 4. The van der Waals surface area contributed by atoms with E-state index >= 15 is 0 Å². The van der Waals surface area contributed by atoms with Gasteiger partial charge in [-0.3, -0.25) is 4.79 Å². The topological polar surface area (TPSA) is 105 Å². The number of carboxylic acids is 1. The summed E-state index contributed by atoms with van der Waals surface area (Å²) in [6.45, 7) is 1.47. The number of aromatic nitrogens is 3. The van der Waals surface area contributed by atoms with Crippen molar-refractivity contribution in [3.8, 4) is 0 Å². The van der Waals surface area contributed by atoms with Gasteiger partial charge in [-0.2, -0.15) is 5.10 Å². The van der Waals surface area contributed by atoms with Gasteiger partial charge in [-0.15, -0.1) is 6.07 Å². The van der Waals surface area contributed by atoms with E-state index in [1.54, 1.807) is 18.2 Å². The zero-order chi connectivity index (χ0) is 12.0. The van der Waals surface area contributed by atoms with Gasteiger partial charge in [0.1, 0.15) is 0 Å². The van der Waals surface area contributed by atoms with Crippen LogP contribution >= 0.6 is 0 Å². The van der Waals surface area contributed by atoms with Crippen molar-refractivity contribution in [1.29, 1.82) is 0 Å². The van der Waals surface area contributed by atoms with Crippen LogP contribution < -0.4 is 0 Å². The molecule has 0 aliphatic rings. The molecule has 0 atom stereocenters. The average Bonchev–Trinajstić information content (AvgIpc) is 2.63. The van der Waals surface area contributed by atoms with Gasteiger partial charge in [0.25, 0.3) is 5.97 Å². The first-order chi connectivity index (χ1) is 7.69. The SMILES string of the molecule is O=C(O)[CH-]n1nnc2ccccc21.O=[C-]O.[Y]. The van der Waals surface area contributed by atoms with Crippen LogP contribution in [0.4, 0.5) is 0 Å². The zero-order valence-corrected chi connectivity index (χ0v) is 11.4. The molecular formula is C9H7N3O4Y-2.